The minimum absolute atomic E-state index is 0.0653. The first-order valence-electron chi connectivity index (χ1n) is 9.42. The largest absolute Gasteiger partial charge is 0.490 e. The maximum atomic E-state index is 12.9. The molecular weight excluding hydrogens is 442 g/mol. The molecule has 10 heteroatoms. The summed E-state index contributed by atoms with van der Waals surface area (Å²) < 4.78 is 87.9. The van der Waals surface area contributed by atoms with Gasteiger partial charge in [0.2, 0.25) is 0 Å². The van der Waals surface area contributed by atoms with Crippen molar-refractivity contribution < 1.29 is 45.7 Å². The van der Waals surface area contributed by atoms with Crippen molar-refractivity contribution in [2.24, 2.45) is 0 Å². The molecule has 0 aromatic heterocycles. The smallest absolute Gasteiger partial charge is 0.416 e. The van der Waals surface area contributed by atoms with Gasteiger partial charge in [0.1, 0.15) is 12.4 Å². The lowest BCUT2D eigenvalue weighted by atomic mass is 10.0. The lowest BCUT2D eigenvalue weighted by Gasteiger charge is -2.13. The number of carbonyl (C=O) groups is 1. The van der Waals surface area contributed by atoms with Crippen LogP contribution in [0.1, 0.15) is 29.2 Å². The van der Waals surface area contributed by atoms with Crippen molar-refractivity contribution in [3.8, 4) is 5.75 Å². The predicted octanol–water partition coefficient (Wildman–Crippen LogP) is 5.85. The third kappa shape index (κ3) is 7.60. The summed E-state index contributed by atoms with van der Waals surface area (Å²) in [4.78, 5) is 11.1. The van der Waals surface area contributed by atoms with E-state index in [2.05, 4.69) is 0 Å². The van der Waals surface area contributed by atoms with E-state index in [4.69, 9.17) is 14.6 Å². The molecule has 0 radical (unpaired) electrons. The zero-order chi connectivity index (χ0) is 23.9. The molecule has 174 valence electrons. The van der Waals surface area contributed by atoms with Gasteiger partial charge >= 0.3 is 18.3 Å². The average molecular weight is 462 g/mol. The Balaban J connectivity index is 2.03. The van der Waals surface area contributed by atoms with E-state index in [1.165, 1.54) is 6.08 Å². The third-order valence-corrected chi connectivity index (χ3v) is 4.25. The van der Waals surface area contributed by atoms with Crippen molar-refractivity contribution in [3.05, 3.63) is 70.8 Å². The van der Waals surface area contributed by atoms with Crippen LogP contribution >= 0.6 is 0 Å². The standard InChI is InChI=1S/C22H20F6O4/c1-2-31-19(20(29)30)12-14-5-7-18(8-6-14)32-9-3-4-15-10-16(21(23,24)25)13-17(11-15)22(26,27)28/h3-8,10-11,13,19H,2,9,12H2,1H3,(H,29,30). The molecule has 0 saturated heterocycles. The zero-order valence-electron chi connectivity index (χ0n) is 16.8. The van der Waals surface area contributed by atoms with Crippen LogP contribution in [0, 0.1) is 0 Å². The second-order valence-electron chi connectivity index (χ2n) is 6.68. The number of hydrogen-bond acceptors (Lipinski definition) is 3. The van der Waals surface area contributed by atoms with Gasteiger partial charge in [-0.1, -0.05) is 18.2 Å². The first kappa shape index (κ1) is 25.3. The molecular formula is C22H20F6O4. The van der Waals surface area contributed by atoms with Gasteiger partial charge in [-0.05, 0) is 54.5 Å². The van der Waals surface area contributed by atoms with E-state index >= 15 is 0 Å². The normalized spacial score (nSPS) is 13.3. The number of benzene rings is 2. The second kappa shape index (κ2) is 10.5. The summed E-state index contributed by atoms with van der Waals surface area (Å²) in [5, 5.41) is 9.10. The Kier molecular flexibility index (Phi) is 8.31. The van der Waals surface area contributed by atoms with E-state index in [1.807, 2.05) is 0 Å². The SMILES string of the molecule is CCOC(Cc1ccc(OCC=Cc2cc(C(F)(F)F)cc(C(F)(F)F)c2)cc1)C(=O)O. The summed E-state index contributed by atoms with van der Waals surface area (Å²) in [5.74, 6) is -0.692. The molecule has 0 aliphatic rings. The Hall–Kier alpha value is -3.01. The second-order valence-corrected chi connectivity index (χ2v) is 6.68. The van der Waals surface area contributed by atoms with Crippen molar-refractivity contribution >= 4 is 12.0 Å². The topological polar surface area (TPSA) is 55.8 Å². The molecule has 0 saturated carbocycles. The van der Waals surface area contributed by atoms with Crippen LogP contribution in [0.4, 0.5) is 26.3 Å². The van der Waals surface area contributed by atoms with Gasteiger partial charge in [0, 0.05) is 13.0 Å². The fourth-order valence-corrected chi connectivity index (χ4v) is 2.76. The first-order chi connectivity index (χ1) is 14.9. The van der Waals surface area contributed by atoms with Crippen molar-refractivity contribution in [2.75, 3.05) is 13.2 Å². The molecule has 0 fully saturated rings. The summed E-state index contributed by atoms with van der Waals surface area (Å²) in [6.07, 6.45) is -8.25. The maximum Gasteiger partial charge on any atom is 0.416 e. The lowest BCUT2D eigenvalue weighted by molar-refractivity contribution is -0.150. The van der Waals surface area contributed by atoms with E-state index in [1.54, 1.807) is 31.2 Å². The number of ether oxygens (including phenoxy) is 2. The van der Waals surface area contributed by atoms with E-state index < -0.39 is 35.6 Å². The molecule has 0 heterocycles. The summed E-state index contributed by atoms with van der Waals surface area (Å²) in [5.41, 5.74) is -2.36. The number of aliphatic carboxylic acids is 1. The van der Waals surface area contributed by atoms with Gasteiger partial charge in [0.15, 0.2) is 6.10 Å². The van der Waals surface area contributed by atoms with Gasteiger partial charge < -0.3 is 14.6 Å². The maximum absolute atomic E-state index is 12.9. The minimum Gasteiger partial charge on any atom is -0.490 e. The highest BCUT2D eigenvalue weighted by Crippen LogP contribution is 2.36. The Labute approximate surface area is 180 Å². The van der Waals surface area contributed by atoms with Crippen molar-refractivity contribution in [3.63, 3.8) is 0 Å². The van der Waals surface area contributed by atoms with Crippen LogP contribution in [0.25, 0.3) is 6.08 Å². The van der Waals surface area contributed by atoms with Gasteiger partial charge in [-0.3, -0.25) is 0 Å². The van der Waals surface area contributed by atoms with E-state index in [-0.39, 0.29) is 31.3 Å². The quantitative estimate of drug-likeness (QED) is 0.475. The van der Waals surface area contributed by atoms with Crippen LogP contribution in [0.5, 0.6) is 5.75 Å². The number of carboxylic acid groups (broad SMARTS) is 1. The molecule has 2 rings (SSSR count). The Morgan fingerprint density at radius 3 is 2.03 bits per heavy atom. The zero-order valence-corrected chi connectivity index (χ0v) is 16.8. The summed E-state index contributed by atoms with van der Waals surface area (Å²) in [6, 6.07) is 7.72. The van der Waals surface area contributed by atoms with Gasteiger partial charge in [-0.25, -0.2) is 4.79 Å². The molecule has 1 unspecified atom stereocenters. The monoisotopic (exact) mass is 462 g/mol. The molecule has 0 aliphatic heterocycles. The van der Waals surface area contributed by atoms with Crippen molar-refractivity contribution in [2.45, 2.75) is 31.8 Å². The van der Waals surface area contributed by atoms with Crippen LogP contribution in [0.15, 0.2) is 48.5 Å². The van der Waals surface area contributed by atoms with Crippen LogP contribution in [-0.4, -0.2) is 30.4 Å². The minimum atomic E-state index is -4.91. The molecule has 4 nitrogen and oxygen atoms in total. The van der Waals surface area contributed by atoms with Crippen molar-refractivity contribution in [1.29, 1.82) is 0 Å². The van der Waals surface area contributed by atoms with E-state index in [0.717, 1.165) is 6.08 Å². The van der Waals surface area contributed by atoms with Crippen molar-refractivity contribution in [1.82, 2.24) is 0 Å². The average Bonchev–Trinajstić information content (AvgIpc) is 2.70. The molecule has 32 heavy (non-hydrogen) atoms. The highest BCUT2D eigenvalue weighted by atomic mass is 19.4. The fourth-order valence-electron chi connectivity index (χ4n) is 2.76. The third-order valence-electron chi connectivity index (χ3n) is 4.25. The number of hydrogen-bond donors (Lipinski definition) is 1. The molecule has 0 bridgehead atoms. The molecule has 1 N–H and O–H groups in total. The molecule has 0 amide bonds. The fraction of sp³-hybridized carbons (Fsp3) is 0.318. The molecule has 1 atom stereocenters. The van der Waals surface area contributed by atoms with Crippen LogP contribution < -0.4 is 4.74 Å². The van der Waals surface area contributed by atoms with Gasteiger partial charge in [0.25, 0.3) is 0 Å². The lowest BCUT2D eigenvalue weighted by Crippen LogP contribution is -2.26. The number of halogens is 6. The van der Waals surface area contributed by atoms with E-state index in [0.29, 0.717) is 23.4 Å². The molecule has 2 aromatic carbocycles. The summed E-state index contributed by atoms with van der Waals surface area (Å²) >= 11 is 0. The van der Waals surface area contributed by atoms with Gasteiger partial charge in [-0.2, -0.15) is 26.3 Å². The van der Waals surface area contributed by atoms with Gasteiger partial charge in [-0.15, -0.1) is 0 Å². The first-order valence-corrected chi connectivity index (χ1v) is 9.42. The van der Waals surface area contributed by atoms with Crippen LogP contribution in [0.2, 0.25) is 0 Å². The predicted molar refractivity (Wildman–Crippen MR) is 104 cm³/mol. The Morgan fingerprint density at radius 1 is 1.00 bits per heavy atom. The number of alkyl halides is 6. The molecule has 0 aliphatic carbocycles. The number of carboxylic acids is 1. The number of rotatable bonds is 9. The highest BCUT2D eigenvalue weighted by molar-refractivity contribution is 5.72. The summed E-state index contributed by atoms with van der Waals surface area (Å²) in [7, 11) is 0. The van der Waals surface area contributed by atoms with Crippen LogP contribution in [-0.2, 0) is 28.3 Å². The summed E-state index contributed by atoms with van der Waals surface area (Å²) in [6.45, 7) is 1.83. The molecule has 0 spiro atoms. The highest BCUT2D eigenvalue weighted by Gasteiger charge is 2.36. The Morgan fingerprint density at radius 2 is 1.56 bits per heavy atom. The van der Waals surface area contributed by atoms with Crippen LogP contribution in [0.3, 0.4) is 0 Å². The van der Waals surface area contributed by atoms with E-state index in [9.17, 15) is 31.1 Å². The molecule has 2 aromatic rings. The Bertz CT molecular complexity index is 901. The van der Waals surface area contributed by atoms with Gasteiger partial charge in [0.05, 0.1) is 11.1 Å².